The van der Waals surface area contributed by atoms with Gasteiger partial charge < -0.3 is 9.67 Å². The molecule has 0 saturated carbocycles. The van der Waals surface area contributed by atoms with Crippen LogP contribution in [-0.2, 0) is 13.0 Å². The molecular formula is C13H16FNO. The van der Waals surface area contributed by atoms with Crippen molar-refractivity contribution in [3.63, 3.8) is 0 Å². The lowest BCUT2D eigenvalue weighted by atomic mass is 10.1. The van der Waals surface area contributed by atoms with Crippen molar-refractivity contribution in [3.8, 4) is 0 Å². The summed E-state index contributed by atoms with van der Waals surface area (Å²) in [6.07, 6.45) is 1.97. The van der Waals surface area contributed by atoms with Gasteiger partial charge in [-0.1, -0.05) is 6.07 Å². The summed E-state index contributed by atoms with van der Waals surface area (Å²) in [4.78, 5) is 0. The molecule has 0 aliphatic heterocycles. The topological polar surface area (TPSA) is 25.2 Å². The highest BCUT2D eigenvalue weighted by Gasteiger charge is 2.12. The standard InChI is InChI=1S/C13H16FNO/c1-3-15-8-10(7-9(2)16)13-11(14)5-4-6-12(13)15/h4-6,8-9,16H,3,7H2,1-2H3. The molecule has 0 saturated heterocycles. The van der Waals surface area contributed by atoms with Crippen molar-refractivity contribution >= 4 is 10.9 Å². The number of aryl methyl sites for hydroxylation is 1. The van der Waals surface area contributed by atoms with Crippen molar-refractivity contribution in [2.45, 2.75) is 32.9 Å². The highest BCUT2D eigenvalue weighted by molar-refractivity contribution is 5.84. The third-order valence-corrected chi connectivity index (χ3v) is 2.79. The summed E-state index contributed by atoms with van der Waals surface area (Å²) in [5.41, 5.74) is 1.78. The van der Waals surface area contributed by atoms with Crippen LogP contribution in [0.3, 0.4) is 0 Å². The first-order valence-corrected chi connectivity index (χ1v) is 5.57. The minimum Gasteiger partial charge on any atom is -0.393 e. The molecule has 2 rings (SSSR count). The molecule has 1 unspecified atom stereocenters. The molecule has 0 aliphatic carbocycles. The van der Waals surface area contributed by atoms with Gasteiger partial charge in [-0.2, -0.15) is 0 Å². The SMILES string of the molecule is CCn1cc(CC(C)O)c2c(F)cccc21. The van der Waals surface area contributed by atoms with Gasteiger partial charge in [0.2, 0.25) is 0 Å². The Morgan fingerprint density at radius 3 is 2.81 bits per heavy atom. The first-order chi connectivity index (χ1) is 7.63. The van der Waals surface area contributed by atoms with Crippen molar-refractivity contribution in [2.75, 3.05) is 0 Å². The fraction of sp³-hybridized carbons (Fsp3) is 0.385. The number of rotatable bonds is 3. The molecule has 3 heteroatoms. The summed E-state index contributed by atoms with van der Waals surface area (Å²) in [6, 6.07) is 5.09. The van der Waals surface area contributed by atoms with Crippen LogP contribution in [-0.4, -0.2) is 15.8 Å². The Hall–Kier alpha value is -1.35. The Bertz CT molecular complexity index is 502. The number of aliphatic hydroxyl groups is 1. The van der Waals surface area contributed by atoms with E-state index < -0.39 is 6.10 Å². The van der Waals surface area contributed by atoms with Crippen molar-refractivity contribution in [1.82, 2.24) is 4.57 Å². The van der Waals surface area contributed by atoms with E-state index in [2.05, 4.69) is 0 Å². The van der Waals surface area contributed by atoms with E-state index in [0.29, 0.717) is 11.8 Å². The molecule has 0 fully saturated rings. The molecule has 1 atom stereocenters. The zero-order chi connectivity index (χ0) is 11.7. The van der Waals surface area contributed by atoms with Crippen LogP contribution in [0.2, 0.25) is 0 Å². The third kappa shape index (κ3) is 1.83. The number of fused-ring (bicyclic) bond motifs is 1. The highest BCUT2D eigenvalue weighted by Crippen LogP contribution is 2.25. The van der Waals surface area contributed by atoms with E-state index in [1.807, 2.05) is 23.8 Å². The molecule has 0 radical (unpaired) electrons. The summed E-state index contributed by atoms with van der Waals surface area (Å²) < 4.78 is 15.8. The van der Waals surface area contributed by atoms with Crippen LogP contribution >= 0.6 is 0 Å². The molecule has 1 aromatic heterocycles. The molecule has 0 aliphatic rings. The van der Waals surface area contributed by atoms with Crippen LogP contribution in [0.25, 0.3) is 10.9 Å². The van der Waals surface area contributed by atoms with Gasteiger partial charge in [0.1, 0.15) is 5.82 Å². The van der Waals surface area contributed by atoms with E-state index in [9.17, 15) is 9.50 Å². The number of hydrogen-bond acceptors (Lipinski definition) is 1. The van der Waals surface area contributed by atoms with Crippen molar-refractivity contribution < 1.29 is 9.50 Å². The zero-order valence-electron chi connectivity index (χ0n) is 9.57. The monoisotopic (exact) mass is 221 g/mol. The summed E-state index contributed by atoms with van der Waals surface area (Å²) in [7, 11) is 0. The zero-order valence-corrected chi connectivity index (χ0v) is 9.57. The van der Waals surface area contributed by atoms with Gasteiger partial charge in [-0.3, -0.25) is 0 Å². The van der Waals surface area contributed by atoms with Gasteiger partial charge in [0.05, 0.1) is 11.6 Å². The maximum absolute atomic E-state index is 13.8. The molecular weight excluding hydrogens is 205 g/mol. The van der Waals surface area contributed by atoms with Crippen molar-refractivity contribution in [2.24, 2.45) is 0 Å². The number of halogens is 1. The second-order valence-corrected chi connectivity index (χ2v) is 4.13. The summed E-state index contributed by atoms with van der Waals surface area (Å²) >= 11 is 0. The molecule has 0 spiro atoms. The van der Waals surface area contributed by atoms with E-state index >= 15 is 0 Å². The Labute approximate surface area is 94.3 Å². The second kappa shape index (κ2) is 4.26. The van der Waals surface area contributed by atoms with E-state index in [0.717, 1.165) is 17.6 Å². The molecule has 86 valence electrons. The smallest absolute Gasteiger partial charge is 0.132 e. The lowest BCUT2D eigenvalue weighted by Gasteiger charge is -2.02. The number of aromatic nitrogens is 1. The largest absolute Gasteiger partial charge is 0.393 e. The fourth-order valence-electron chi connectivity index (χ4n) is 2.13. The maximum atomic E-state index is 13.8. The van der Waals surface area contributed by atoms with Crippen molar-refractivity contribution in [1.29, 1.82) is 0 Å². The van der Waals surface area contributed by atoms with Gasteiger partial charge in [0, 0.05) is 24.5 Å². The molecule has 2 aromatic rings. The lowest BCUT2D eigenvalue weighted by Crippen LogP contribution is -2.03. The van der Waals surface area contributed by atoms with Gasteiger partial charge in [0.25, 0.3) is 0 Å². The van der Waals surface area contributed by atoms with Crippen LogP contribution in [0.15, 0.2) is 24.4 Å². The average Bonchev–Trinajstić information content (AvgIpc) is 2.57. The van der Waals surface area contributed by atoms with Crippen LogP contribution in [0.5, 0.6) is 0 Å². The fourth-order valence-corrected chi connectivity index (χ4v) is 2.13. The van der Waals surface area contributed by atoms with Gasteiger partial charge in [-0.25, -0.2) is 4.39 Å². The third-order valence-electron chi connectivity index (χ3n) is 2.79. The van der Waals surface area contributed by atoms with Gasteiger partial charge in [-0.15, -0.1) is 0 Å². The summed E-state index contributed by atoms with van der Waals surface area (Å²) in [5, 5.41) is 10.1. The Morgan fingerprint density at radius 1 is 1.44 bits per heavy atom. The van der Waals surface area contributed by atoms with Crippen LogP contribution in [0.4, 0.5) is 4.39 Å². The molecule has 16 heavy (non-hydrogen) atoms. The van der Waals surface area contributed by atoms with E-state index in [-0.39, 0.29) is 5.82 Å². The van der Waals surface area contributed by atoms with E-state index in [1.165, 1.54) is 6.07 Å². The highest BCUT2D eigenvalue weighted by atomic mass is 19.1. The predicted octanol–water partition coefficient (Wildman–Crippen LogP) is 2.72. The molecule has 2 nitrogen and oxygen atoms in total. The van der Waals surface area contributed by atoms with Gasteiger partial charge in [-0.05, 0) is 31.5 Å². The number of nitrogens with zero attached hydrogens (tertiary/aromatic N) is 1. The predicted molar refractivity (Wildman–Crippen MR) is 63.0 cm³/mol. The minimum absolute atomic E-state index is 0.208. The van der Waals surface area contributed by atoms with Crippen LogP contribution in [0, 0.1) is 5.82 Å². The molecule has 0 amide bonds. The van der Waals surface area contributed by atoms with E-state index in [1.54, 1.807) is 13.0 Å². The number of aliphatic hydroxyl groups excluding tert-OH is 1. The minimum atomic E-state index is -0.449. The first kappa shape index (κ1) is 11.1. The van der Waals surface area contributed by atoms with Crippen LogP contribution < -0.4 is 0 Å². The number of benzene rings is 1. The first-order valence-electron chi connectivity index (χ1n) is 5.57. The second-order valence-electron chi connectivity index (χ2n) is 4.13. The molecule has 0 bridgehead atoms. The van der Waals surface area contributed by atoms with Crippen LogP contribution in [0.1, 0.15) is 19.4 Å². The molecule has 1 aromatic carbocycles. The summed E-state index contributed by atoms with van der Waals surface area (Å²) in [6.45, 7) is 4.55. The van der Waals surface area contributed by atoms with Gasteiger partial charge >= 0.3 is 0 Å². The average molecular weight is 221 g/mol. The van der Waals surface area contributed by atoms with E-state index in [4.69, 9.17) is 0 Å². The summed E-state index contributed by atoms with van der Waals surface area (Å²) in [5.74, 6) is -0.208. The maximum Gasteiger partial charge on any atom is 0.132 e. The normalized spacial score (nSPS) is 13.2. The Balaban J connectivity index is 2.64. The Morgan fingerprint density at radius 2 is 2.19 bits per heavy atom. The Kier molecular flexibility index (Phi) is 2.97. The molecule has 1 N–H and O–H groups in total. The quantitative estimate of drug-likeness (QED) is 0.847. The van der Waals surface area contributed by atoms with Crippen molar-refractivity contribution in [3.05, 3.63) is 35.8 Å². The number of hydrogen-bond donors (Lipinski definition) is 1. The molecule has 1 heterocycles. The lowest BCUT2D eigenvalue weighted by molar-refractivity contribution is 0.196. The van der Waals surface area contributed by atoms with Gasteiger partial charge in [0.15, 0.2) is 0 Å².